The lowest BCUT2D eigenvalue weighted by atomic mass is 9.63. The van der Waals surface area contributed by atoms with Crippen molar-refractivity contribution in [2.45, 2.75) is 66.2 Å². The highest BCUT2D eigenvalue weighted by molar-refractivity contribution is 6.32. The highest BCUT2D eigenvalue weighted by Gasteiger charge is 2.48. The van der Waals surface area contributed by atoms with Crippen molar-refractivity contribution in [2.24, 2.45) is 10.8 Å². The van der Waals surface area contributed by atoms with Crippen molar-refractivity contribution in [1.82, 2.24) is 4.90 Å². The lowest BCUT2D eigenvalue weighted by molar-refractivity contribution is -0.120. The van der Waals surface area contributed by atoms with Crippen LogP contribution in [0.2, 0.25) is 5.02 Å². The zero-order valence-electron chi connectivity index (χ0n) is 25.5. The molecule has 0 saturated heterocycles. The molecule has 0 aromatic heterocycles. The summed E-state index contributed by atoms with van der Waals surface area (Å²) in [6, 6.07) is 9.26. The van der Waals surface area contributed by atoms with Crippen LogP contribution in [0, 0.1) is 16.6 Å². The van der Waals surface area contributed by atoms with E-state index in [0.29, 0.717) is 48.9 Å². The molecule has 43 heavy (non-hydrogen) atoms. The summed E-state index contributed by atoms with van der Waals surface area (Å²) in [5.41, 5.74) is 3.50. The minimum absolute atomic E-state index is 0.0270. The van der Waals surface area contributed by atoms with Gasteiger partial charge in [-0.2, -0.15) is 0 Å². The Kier molecular flexibility index (Phi) is 8.20. The van der Waals surface area contributed by atoms with Crippen LogP contribution in [-0.2, 0) is 14.4 Å². The Morgan fingerprint density at radius 3 is 2.12 bits per heavy atom. The Labute approximate surface area is 257 Å². The number of halogens is 2. The molecule has 9 heteroatoms. The number of ether oxygens (including phenoxy) is 2. The first-order valence-corrected chi connectivity index (χ1v) is 15.0. The molecule has 2 aliphatic carbocycles. The topological polar surface area (TPSA) is 84.9 Å². The number of methoxy groups -OCH3 is 1. The van der Waals surface area contributed by atoms with E-state index in [9.17, 15) is 18.8 Å². The van der Waals surface area contributed by atoms with Crippen molar-refractivity contribution < 1.29 is 28.2 Å². The van der Waals surface area contributed by atoms with Gasteiger partial charge in [0.2, 0.25) is 0 Å². The van der Waals surface area contributed by atoms with Gasteiger partial charge in [0, 0.05) is 47.8 Å². The molecule has 1 aliphatic heterocycles. The number of benzene rings is 2. The third-order valence-corrected chi connectivity index (χ3v) is 8.70. The van der Waals surface area contributed by atoms with E-state index in [0.717, 1.165) is 11.4 Å². The van der Waals surface area contributed by atoms with Crippen LogP contribution in [0.1, 0.15) is 71.8 Å². The number of ketones is 2. The van der Waals surface area contributed by atoms with Gasteiger partial charge >= 0.3 is 0 Å². The van der Waals surface area contributed by atoms with Gasteiger partial charge in [0.25, 0.3) is 5.91 Å². The van der Waals surface area contributed by atoms with Crippen LogP contribution in [0.3, 0.4) is 0 Å². The number of hydrogen-bond acceptors (Lipinski definition) is 6. The Morgan fingerprint density at radius 1 is 1.00 bits per heavy atom. The second-order valence-corrected chi connectivity index (χ2v) is 13.5. The molecule has 228 valence electrons. The molecule has 5 rings (SSSR count). The number of rotatable bonds is 7. The van der Waals surface area contributed by atoms with Gasteiger partial charge in [0.15, 0.2) is 29.7 Å². The fourth-order valence-electron chi connectivity index (χ4n) is 6.70. The van der Waals surface area contributed by atoms with Crippen molar-refractivity contribution in [1.29, 1.82) is 0 Å². The van der Waals surface area contributed by atoms with Crippen molar-refractivity contribution in [3.8, 4) is 11.5 Å². The van der Waals surface area contributed by atoms with Gasteiger partial charge in [0.05, 0.1) is 17.8 Å². The second-order valence-electron chi connectivity index (χ2n) is 13.1. The Bertz CT molecular complexity index is 1520. The number of nitrogens with one attached hydrogen (secondary N) is 1. The van der Waals surface area contributed by atoms with E-state index in [4.69, 9.17) is 21.1 Å². The van der Waals surface area contributed by atoms with E-state index < -0.39 is 24.2 Å². The largest absolute Gasteiger partial charge is 0.493 e. The number of carbonyl (C=O) groups excluding carboxylic acids is 3. The molecule has 1 heterocycles. The van der Waals surface area contributed by atoms with E-state index in [2.05, 4.69) is 44.8 Å². The maximum atomic E-state index is 14.0. The van der Waals surface area contributed by atoms with Crippen molar-refractivity contribution in [3.63, 3.8) is 0 Å². The molecular weight excluding hydrogens is 571 g/mol. The fraction of sp³-hybridized carbons (Fsp3) is 0.441. The number of nitrogens with zero attached hydrogens (tertiary/aromatic N) is 1. The molecule has 0 unspecified atom stereocenters. The van der Waals surface area contributed by atoms with E-state index in [-0.39, 0.29) is 44.6 Å². The summed E-state index contributed by atoms with van der Waals surface area (Å²) < 4.78 is 25.4. The number of anilines is 1. The van der Waals surface area contributed by atoms with Crippen LogP contribution in [0.25, 0.3) is 0 Å². The van der Waals surface area contributed by atoms with Gasteiger partial charge in [-0.15, -0.1) is 0 Å². The van der Waals surface area contributed by atoms with Crippen LogP contribution in [-0.4, -0.2) is 42.6 Å². The number of allylic oxidation sites excluding steroid dienone is 4. The Morgan fingerprint density at radius 2 is 1.58 bits per heavy atom. The number of hydrogen-bond donors (Lipinski definition) is 1. The minimum Gasteiger partial charge on any atom is -0.493 e. The zero-order valence-corrected chi connectivity index (χ0v) is 26.3. The molecule has 0 atom stereocenters. The van der Waals surface area contributed by atoms with E-state index in [1.165, 1.54) is 25.3 Å². The number of para-hydroxylation sites is 1. The lowest BCUT2D eigenvalue weighted by Crippen LogP contribution is -2.44. The number of carbonyl (C=O) groups is 3. The monoisotopic (exact) mass is 608 g/mol. The molecule has 7 nitrogen and oxygen atoms in total. The van der Waals surface area contributed by atoms with Crippen molar-refractivity contribution >= 4 is 34.8 Å². The summed E-state index contributed by atoms with van der Waals surface area (Å²) >= 11 is 6.76. The summed E-state index contributed by atoms with van der Waals surface area (Å²) in [5, 5.41) is 2.65. The zero-order chi connectivity index (χ0) is 31.3. The van der Waals surface area contributed by atoms with Gasteiger partial charge in [0.1, 0.15) is 5.82 Å². The van der Waals surface area contributed by atoms with E-state index in [1.807, 2.05) is 0 Å². The van der Waals surface area contributed by atoms with Crippen LogP contribution in [0.15, 0.2) is 58.9 Å². The first-order valence-electron chi connectivity index (χ1n) is 14.6. The Balaban J connectivity index is 1.56. The van der Waals surface area contributed by atoms with Gasteiger partial charge in [-0.3, -0.25) is 14.4 Å². The molecule has 0 radical (unpaired) electrons. The highest BCUT2D eigenvalue weighted by Crippen LogP contribution is 2.55. The summed E-state index contributed by atoms with van der Waals surface area (Å²) in [5.74, 6) is -1.28. The molecular formula is C34H38ClFN2O5. The molecule has 1 amide bonds. The average molecular weight is 609 g/mol. The quantitative estimate of drug-likeness (QED) is 0.357. The second kappa shape index (κ2) is 11.5. The first-order chi connectivity index (χ1) is 20.2. The number of amides is 1. The smallest absolute Gasteiger partial charge is 0.262 e. The van der Waals surface area contributed by atoms with Crippen LogP contribution >= 0.6 is 11.6 Å². The van der Waals surface area contributed by atoms with Crippen molar-refractivity contribution in [2.75, 3.05) is 25.6 Å². The van der Waals surface area contributed by atoms with Crippen LogP contribution in [0.5, 0.6) is 11.5 Å². The molecule has 0 bridgehead atoms. The molecule has 0 spiro atoms. The standard InChI is InChI=1S/C34H38ClFN2O5/c1-7-38-23-14-33(2,3)16-25(39)30(23)29(31-24(38)15-34(4,5)17-26(31)40)19-12-20(35)32(27(13-19)42-6)43-18-28(41)37-22-11-9-8-10-21(22)36/h8-13,29H,7,14-18H2,1-6H3,(H,37,41). The van der Waals surface area contributed by atoms with Gasteiger partial charge in [-0.05, 0) is 60.4 Å². The molecule has 0 saturated carbocycles. The summed E-state index contributed by atoms with van der Waals surface area (Å²) in [4.78, 5) is 42.5. The maximum Gasteiger partial charge on any atom is 0.262 e. The highest BCUT2D eigenvalue weighted by atomic mass is 35.5. The summed E-state index contributed by atoms with van der Waals surface area (Å²) in [6.07, 6.45) is 2.19. The van der Waals surface area contributed by atoms with E-state index in [1.54, 1.807) is 18.2 Å². The SMILES string of the molecule is CCN1C2=C(C(=O)CC(C)(C)C2)C(c2cc(Cl)c(OCC(=O)Nc3ccccc3F)c(OC)c2)C2=C1CC(C)(C)CC2=O. The lowest BCUT2D eigenvalue weighted by Gasteiger charge is -2.49. The fourth-order valence-corrected chi connectivity index (χ4v) is 6.97. The maximum absolute atomic E-state index is 14.0. The first kappa shape index (κ1) is 30.8. The van der Waals surface area contributed by atoms with Gasteiger partial charge < -0.3 is 19.7 Å². The number of Topliss-reactive ketones (excluding diaryl/α,β-unsaturated/α-hetero) is 2. The van der Waals surface area contributed by atoms with Crippen molar-refractivity contribution in [3.05, 3.63) is 75.3 Å². The molecule has 3 aliphatic rings. The van der Waals surface area contributed by atoms with Crippen LogP contribution < -0.4 is 14.8 Å². The summed E-state index contributed by atoms with van der Waals surface area (Å²) in [7, 11) is 1.46. The van der Waals surface area contributed by atoms with Gasteiger partial charge in [-0.25, -0.2) is 4.39 Å². The average Bonchev–Trinajstić information content (AvgIpc) is 2.91. The third kappa shape index (κ3) is 5.94. The van der Waals surface area contributed by atoms with E-state index >= 15 is 0 Å². The predicted molar refractivity (Wildman–Crippen MR) is 164 cm³/mol. The third-order valence-electron chi connectivity index (χ3n) is 8.42. The molecule has 2 aromatic carbocycles. The Hall–Kier alpha value is -3.65. The minimum atomic E-state index is -0.593. The van der Waals surface area contributed by atoms with Gasteiger partial charge in [-0.1, -0.05) is 51.4 Å². The normalized spacial score (nSPS) is 19.7. The molecule has 0 fully saturated rings. The molecule has 2 aromatic rings. The molecule has 1 N–H and O–H groups in total. The summed E-state index contributed by atoms with van der Waals surface area (Å²) in [6.45, 7) is 10.7. The van der Waals surface area contributed by atoms with Crippen LogP contribution in [0.4, 0.5) is 10.1 Å². The predicted octanol–water partition coefficient (Wildman–Crippen LogP) is 7.21.